The van der Waals surface area contributed by atoms with Crippen molar-refractivity contribution in [2.45, 2.75) is 66.0 Å². The van der Waals surface area contributed by atoms with Gasteiger partial charge in [-0.25, -0.2) is 0 Å². The number of carbonyl (C=O) groups excluding carboxylic acids is 1. The van der Waals surface area contributed by atoms with Crippen molar-refractivity contribution in [1.82, 2.24) is 14.8 Å². The van der Waals surface area contributed by atoms with Crippen LogP contribution in [0.4, 0.5) is 0 Å². The summed E-state index contributed by atoms with van der Waals surface area (Å²) < 4.78 is 8.03. The number of fused-ring (bicyclic) bond motifs is 1. The van der Waals surface area contributed by atoms with Crippen LogP contribution >= 0.6 is 0 Å². The Morgan fingerprint density at radius 1 is 1.03 bits per heavy atom. The predicted octanol–water partition coefficient (Wildman–Crippen LogP) is 5.91. The molecule has 0 aliphatic carbocycles. The largest absolute Gasteiger partial charge is 0.493 e. The lowest BCUT2D eigenvalue weighted by molar-refractivity contribution is 0.0928. The zero-order valence-corrected chi connectivity index (χ0v) is 21.3. The molecule has 0 aliphatic heterocycles. The highest BCUT2D eigenvalue weighted by molar-refractivity contribution is 6.00. The average molecular weight is 464 g/mol. The van der Waals surface area contributed by atoms with Gasteiger partial charge in [-0.15, -0.1) is 0 Å². The maximum atomic E-state index is 13.4. The summed E-state index contributed by atoms with van der Waals surface area (Å²) in [5.74, 6) is 0.830. The highest BCUT2D eigenvalue weighted by Crippen LogP contribution is 2.29. The van der Waals surface area contributed by atoms with Gasteiger partial charge in [0.15, 0.2) is 0 Å². The third-order valence-corrected chi connectivity index (χ3v) is 6.51. The van der Waals surface area contributed by atoms with E-state index >= 15 is 0 Å². The third kappa shape index (κ3) is 6.86. The number of nitrogens with zero attached hydrogens (tertiary/aromatic N) is 2. The predicted molar refractivity (Wildman–Crippen MR) is 142 cm³/mol. The molecular weight excluding hydrogens is 422 g/mol. The first-order chi connectivity index (χ1) is 16.6. The minimum absolute atomic E-state index is 0.00583. The Morgan fingerprint density at radius 3 is 2.50 bits per heavy atom. The number of aryl methyl sites for hydroxylation is 2. The van der Waals surface area contributed by atoms with Crippen LogP contribution in [0.3, 0.4) is 0 Å². The van der Waals surface area contributed by atoms with E-state index in [4.69, 9.17) is 4.74 Å². The van der Waals surface area contributed by atoms with Gasteiger partial charge in [-0.3, -0.25) is 4.79 Å². The highest BCUT2D eigenvalue weighted by atomic mass is 16.5. The Bertz CT molecular complexity index is 1020. The quantitative estimate of drug-likeness (QED) is 0.323. The number of nitrogens with one attached hydrogen (secondary N) is 1. The monoisotopic (exact) mass is 463 g/mol. The van der Waals surface area contributed by atoms with Crippen molar-refractivity contribution in [1.29, 1.82) is 0 Å². The maximum absolute atomic E-state index is 13.4. The smallest absolute Gasteiger partial charge is 0.268 e. The summed E-state index contributed by atoms with van der Waals surface area (Å²) in [6.45, 7) is 13.1. The van der Waals surface area contributed by atoms with Crippen LogP contribution in [-0.2, 0) is 13.0 Å². The van der Waals surface area contributed by atoms with Gasteiger partial charge in [0.25, 0.3) is 5.91 Å². The third-order valence-electron chi connectivity index (χ3n) is 6.51. The molecule has 0 aliphatic rings. The molecule has 1 atom stereocenters. The lowest BCUT2D eigenvalue weighted by atomic mass is 10.1. The second-order valence-corrected chi connectivity index (χ2v) is 8.94. The molecule has 0 saturated carbocycles. The molecule has 0 fully saturated rings. The Labute approximate surface area is 205 Å². The summed E-state index contributed by atoms with van der Waals surface area (Å²) in [5.41, 5.74) is 3.09. The minimum atomic E-state index is -0.00583. The zero-order valence-electron chi connectivity index (χ0n) is 21.3. The molecule has 34 heavy (non-hydrogen) atoms. The fourth-order valence-electron chi connectivity index (χ4n) is 4.58. The van der Waals surface area contributed by atoms with E-state index in [0.717, 1.165) is 68.5 Å². The Balaban J connectivity index is 1.75. The summed E-state index contributed by atoms with van der Waals surface area (Å²) in [5, 5.41) is 4.25. The van der Waals surface area contributed by atoms with E-state index in [0.29, 0.717) is 12.3 Å². The van der Waals surface area contributed by atoms with E-state index < -0.39 is 0 Å². The molecule has 5 heteroatoms. The van der Waals surface area contributed by atoms with Gasteiger partial charge >= 0.3 is 0 Å². The number of hydrogen-bond donors (Lipinski definition) is 1. The van der Waals surface area contributed by atoms with E-state index in [9.17, 15) is 4.79 Å². The molecular formula is C29H41N3O2. The normalized spacial score (nSPS) is 12.3. The first kappa shape index (κ1) is 25.8. The molecule has 1 N–H and O–H groups in total. The van der Waals surface area contributed by atoms with Gasteiger partial charge in [0, 0.05) is 18.0 Å². The van der Waals surface area contributed by atoms with Gasteiger partial charge in [-0.2, -0.15) is 0 Å². The molecule has 0 saturated heterocycles. The summed E-state index contributed by atoms with van der Waals surface area (Å²) in [6.07, 6.45) is 4.00. The second-order valence-electron chi connectivity index (χ2n) is 8.94. The lowest BCUT2D eigenvalue weighted by Gasteiger charge is -2.20. The second kappa shape index (κ2) is 13.2. The van der Waals surface area contributed by atoms with E-state index in [2.05, 4.69) is 65.9 Å². The fourth-order valence-corrected chi connectivity index (χ4v) is 4.58. The van der Waals surface area contributed by atoms with Crippen molar-refractivity contribution in [3.8, 4) is 5.75 Å². The van der Waals surface area contributed by atoms with Crippen LogP contribution < -0.4 is 10.1 Å². The lowest BCUT2D eigenvalue weighted by Crippen LogP contribution is -2.34. The van der Waals surface area contributed by atoms with Crippen LogP contribution in [0, 0.1) is 0 Å². The summed E-state index contributed by atoms with van der Waals surface area (Å²) in [7, 11) is 0. The first-order valence-corrected chi connectivity index (χ1v) is 12.9. The molecule has 5 nitrogen and oxygen atoms in total. The van der Waals surface area contributed by atoms with E-state index in [1.54, 1.807) is 0 Å². The van der Waals surface area contributed by atoms with Gasteiger partial charge in [-0.1, -0.05) is 50.2 Å². The zero-order chi connectivity index (χ0) is 24.3. The van der Waals surface area contributed by atoms with Crippen LogP contribution in [0.1, 0.15) is 63.0 Å². The average Bonchev–Trinajstić information content (AvgIpc) is 3.22. The van der Waals surface area contributed by atoms with Crippen LogP contribution in [0.5, 0.6) is 5.75 Å². The van der Waals surface area contributed by atoms with E-state index in [1.165, 1.54) is 5.56 Å². The number of carbonyl (C=O) groups is 1. The molecule has 1 aromatic heterocycles. The molecule has 0 spiro atoms. The highest BCUT2D eigenvalue weighted by Gasteiger charge is 2.19. The maximum Gasteiger partial charge on any atom is 0.268 e. The van der Waals surface area contributed by atoms with Crippen molar-refractivity contribution in [3.63, 3.8) is 0 Å². The molecule has 0 radical (unpaired) electrons. The molecule has 3 rings (SSSR count). The number of ether oxygens (including phenoxy) is 1. The molecule has 0 bridgehead atoms. The van der Waals surface area contributed by atoms with Crippen LogP contribution in [0.2, 0.25) is 0 Å². The van der Waals surface area contributed by atoms with Crippen molar-refractivity contribution in [3.05, 3.63) is 65.9 Å². The van der Waals surface area contributed by atoms with Crippen LogP contribution in [0.15, 0.2) is 54.6 Å². The number of amides is 1. The number of benzene rings is 2. The SMILES string of the molecule is CCOc1cccc2c1cc(C(=O)NC(C)CCCN(CC)CC)n2CCCc1ccccc1. The number of hydrogen-bond acceptors (Lipinski definition) is 3. The van der Waals surface area contributed by atoms with Crippen LogP contribution in [0.25, 0.3) is 10.9 Å². The van der Waals surface area contributed by atoms with Gasteiger partial charge in [0.05, 0.1) is 12.1 Å². The van der Waals surface area contributed by atoms with Crippen molar-refractivity contribution < 1.29 is 9.53 Å². The molecule has 3 aromatic rings. The van der Waals surface area contributed by atoms with Crippen LogP contribution in [-0.4, -0.2) is 47.7 Å². The summed E-state index contributed by atoms with van der Waals surface area (Å²) in [4.78, 5) is 15.8. The Morgan fingerprint density at radius 2 is 1.79 bits per heavy atom. The molecule has 1 amide bonds. The van der Waals surface area contributed by atoms with Crippen molar-refractivity contribution in [2.75, 3.05) is 26.2 Å². The van der Waals surface area contributed by atoms with Gasteiger partial charge in [-0.05, 0) is 82.9 Å². The fraction of sp³-hybridized carbons (Fsp3) is 0.483. The molecule has 1 unspecified atom stereocenters. The number of rotatable bonds is 14. The standard InChI is InChI=1S/C29H41N3O2/c1-5-31(6-2)20-12-14-23(4)30-29(33)27-22-25-26(18-11-19-28(25)34-7-3)32(27)21-13-17-24-15-9-8-10-16-24/h8-11,15-16,18-19,22-23H,5-7,12-14,17,20-21H2,1-4H3,(H,30,33). The molecule has 1 heterocycles. The number of aromatic nitrogens is 1. The first-order valence-electron chi connectivity index (χ1n) is 12.9. The van der Waals surface area contributed by atoms with Gasteiger partial charge in [0.2, 0.25) is 0 Å². The van der Waals surface area contributed by atoms with E-state index in [1.807, 2.05) is 31.2 Å². The Hall–Kier alpha value is -2.79. The van der Waals surface area contributed by atoms with Crippen molar-refractivity contribution >= 4 is 16.8 Å². The molecule has 2 aromatic carbocycles. The van der Waals surface area contributed by atoms with Gasteiger partial charge in [0.1, 0.15) is 11.4 Å². The van der Waals surface area contributed by atoms with Gasteiger partial charge < -0.3 is 19.5 Å². The molecule has 184 valence electrons. The Kier molecular flexibility index (Phi) is 10.0. The topological polar surface area (TPSA) is 46.5 Å². The summed E-state index contributed by atoms with van der Waals surface area (Å²) in [6, 6.07) is 18.7. The minimum Gasteiger partial charge on any atom is -0.493 e. The summed E-state index contributed by atoms with van der Waals surface area (Å²) >= 11 is 0. The van der Waals surface area contributed by atoms with Crippen molar-refractivity contribution in [2.24, 2.45) is 0 Å². The van der Waals surface area contributed by atoms with E-state index in [-0.39, 0.29) is 11.9 Å².